The van der Waals surface area contributed by atoms with Crippen molar-refractivity contribution in [2.45, 2.75) is 51.5 Å². The van der Waals surface area contributed by atoms with Crippen molar-refractivity contribution in [1.82, 2.24) is 10.6 Å². The van der Waals surface area contributed by atoms with Gasteiger partial charge in [-0.1, -0.05) is 59.6 Å². The van der Waals surface area contributed by atoms with Crippen LogP contribution in [-0.2, 0) is 35.5 Å². The minimum Gasteiger partial charge on any atom is -0.508 e. The van der Waals surface area contributed by atoms with Crippen LogP contribution in [0.25, 0.3) is 0 Å². The topological polar surface area (TPSA) is 90.8 Å². The maximum atomic E-state index is 12.4. The molecule has 0 saturated carbocycles. The molecule has 198 valence electrons. The molecule has 2 unspecified atom stereocenters. The molecule has 6 nitrogen and oxygen atoms in total. The predicted molar refractivity (Wildman–Crippen MR) is 148 cm³/mol. The van der Waals surface area contributed by atoms with Crippen molar-refractivity contribution in [3.05, 3.63) is 98.5 Å². The lowest BCUT2D eigenvalue weighted by Crippen LogP contribution is -2.32. The Hall–Kier alpha value is -2.61. The summed E-state index contributed by atoms with van der Waals surface area (Å²) in [5.74, 6) is 0.0189. The number of hydrogen-bond donors (Lipinski definition) is 4. The number of benzene rings is 3. The molecule has 8 heteroatoms. The number of hydrogen-bond acceptors (Lipinski definition) is 5. The molecule has 0 heterocycles. The van der Waals surface area contributed by atoms with E-state index in [0.717, 1.165) is 23.1 Å². The zero-order valence-corrected chi connectivity index (χ0v) is 22.6. The minimum absolute atomic E-state index is 0.0550. The third kappa shape index (κ3) is 8.73. The van der Waals surface area contributed by atoms with Gasteiger partial charge in [0.15, 0.2) is 0 Å². The van der Waals surface area contributed by atoms with Crippen LogP contribution < -0.4 is 10.6 Å². The van der Waals surface area contributed by atoms with E-state index in [1.165, 1.54) is 5.56 Å². The summed E-state index contributed by atoms with van der Waals surface area (Å²) in [6.45, 7) is 2.77. The van der Waals surface area contributed by atoms with Crippen LogP contribution in [0.1, 0.15) is 47.3 Å². The van der Waals surface area contributed by atoms with E-state index in [2.05, 4.69) is 29.7 Å². The maximum absolute atomic E-state index is 12.4. The van der Waals surface area contributed by atoms with E-state index in [9.17, 15) is 15.0 Å². The Morgan fingerprint density at radius 1 is 1.03 bits per heavy atom. The van der Waals surface area contributed by atoms with Gasteiger partial charge in [-0.2, -0.15) is 0 Å². The number of methoxy groups -OCH3 is 1. The van der Waals surface area contributed by atoms with Gasteiger partial charge in [0, 0.05) is 53.8 Å². The molecular weight excluding hydrogens is 511 g/mol. The molecule has 0 aliphatic rings. The number of amides is 1. The van der Waals surface area contributed by atoms with Gasteiger partial charge < -0.3 is 25.6 Å². The zero-order valence-electron chi connectivity index (χ0n) is 21.1. The molecule has 1 amide bonds. The highest BCUT2D eigenvalue weighted by Gasteiger charge is 2.15. The number of ether oxygens (including phenoxy) is 1. The van der Waals surface area contributed by atoms with Crippen LogP contribution in [0.3, 0.4) is 0 Å². The van der Waals surface area contributed by atoms with E-state index >= 15 is 0 Å². The highest BCUT2D eigenvalue weighted by molar-refractivity contribution is 6.36. The highest BCUT2D eigenvalue weighted by Crippen LogP contribution is 2.25. The minimum atomic E-state index is -0.229. The molecule has 0 aromatic heterocycles. The third-order valence-electron chi connectivity index (χ3n) is 6.28. The van der Waals surface area contributed by atoms with Crippen molar-refractivity contribution in [3.63, 3.8) is 0 Å². The molecule has 4 N–H and O–H groups in total. The van der Waals surface area contributed by atoms with Crippen LogP contribution in [0, 0.1) is 0 Å². The van der Waals surface area contributed by atoms with E-state index in [1.54, 1.807) is 43.5 Å². The summed E-state index contributed by atoms with van der Waals surface area (Å²) < 4.78 is 5.63. The SMILES string of the molecule is COC(CNC(C)Cc1cccc(CCC(=O)NCc2c(Cl)cccc2Cl)c1)c1ccc(O)c(CO)c1. The van der Waals surface area contributed by atoms with Crippen molar-refractivity contribution >= 4 is 29.1 Å². The summed E-state index contributed by atoms with van der Waals surface area (Å²) in [4.78, 5) is 12.4. The second kappa shape index (κ2) is 14.4. The van der Waals surface area contributed by atoms with Crippen molar-refractivity contribution in [3.8, 4) is 5.75 Å². The summed E-state index contributed by atoms with van der Waals surface area (Å²) in [5, 5.41) is 26.7. The van der Waals surface area contributed by atoms with Crippen LogP contribution in [0.5, 0.6) is 5.75 Å². The molecule has 0 bridgehead atoms. The number of rotatable bonds is 13. The van der Waals surface area contributed by atoms with E-state index in [0.29, 0.717) is 41.5 Å². The van der Waals surface area contributed by atoms with E-state index in [-0.39, 0.29) is 30.4 Å². The van der Waals surface area contributed by atoms with Gasteiger partial charge in [0.05, 0.1) is 12.7 Å². The van der Waals surface area contributed by atoms with Crippen LogP contribution in [0.2, 0.25) is 10.0 Å². The van der Waals surface area contributed by atoms with E-state index in [1.807, 2.05) is 12.1 Å². The standard InChI is InChI=1S/C29H34Cl2N2O4/c1-19(32-17-28(37-2)22-10-11-27(35)23(15-22)18-34)13-21-6-3-5-20(14-21)9-12-29(36)33-16-24-25(30)7-4-8-26(24)31/h3-8,10-11,14-15,19,28,32,34-35H,9,12-13,16-18H2,1-2H3,(H,33,36). The van der Waals surface area contributed by atoms with Gasteiger partial charge in [-0.3, -0.25) is 4.79 Å². The number of aliphatic hydroxyl groups is 1. The number of carbonyl (C=O) groups is 1. The summed E-state index contributed by atoms with van der Waals surface area (Å²) in [6.07, 6.45) is 1.62. The fourth-order valence-electron chi connectivity index (χ4n) is 4.15. The van der Waals surface area contributed by atoms with Gasteiger partial charge in [0.25, 0.3) is 0 Å². The van der Waals surface area contributed by atoms with Gasteiger partial charge in [0.2, 0.25) is 5.91 Å². The lowest BCUT2D eigenvalue weighted by Gasteiger charge is -2.21. The molecule has 0 saturated heterocycles. The lowest BCUT2D eigenvalue weighted by atomic mass is 10.0. The van der Waals surface area contributed by atoms with Gasteiger partial charge in [-0.25, -0.2) is 0 Å². The Morgan fingerprint density at radius 2 is 1.73 bits per heavy atom. The first-order valence-corrected chi connectivity index (χ1v) is 13.0. The number of carbonyl (C=O) groups excluding carboxylic acids is 1. The fraction of sp³-hybridized carbons (Fsp3) is 0.345. The molecule has 0 radical (unpaired) electrons. The largest absolute Gasteiger partial charge is 0.508 e. The first kappa shape index (κ1) is 29.0. The first-order valence-electron chi connectivity index (χ1n) is 12.3. The van der Waals surface area contributed by atoms with Crippen LogP contribution in [0.4, 0.5) is 0 Å². The average Bonchev–Trinajstić information content (AvgIpc) is 2.88. The predicted octanol–water partition coefficient (Wildman–Crippen LogP) is 5.35. The molecule has 3 aromatic rings. The monoisotopic (exact) mass is 544 g/mol. The number of nitrogens with one attached hydrogen (secondary N) is 2. The second-order valence-electron chi connectivity index (χ2n) is 9.08. The third-order valence-corrected chi connectivity index (χ3v) is 6.99. The average molecular weight is 546 g/mol. The molecule has 0 spiro atoms. The maximum Gasteiger partial charge on any atom is 0.220 e. The molecule has 0 aliphatic carbocycles. The quantitative estimate of drug-likeness (QED) is 0.233. The Labute approximate surface area is 228 Å². The van der Waals surface area contributed by atoms with Gasteiger partial charge in [-0.05, 0) is 60.7 Å². The molecule has 3 aromatic carbocycles. The Kier molecular flexibility index (Phi) is 11.2. The zero-order chi connectivity index (χ0) is 26.8. The first-order chi connectivity index (χ1) is 17.8. The van der Waals surface area contributed by atoms with Crippen LogP contribution in [0.15, 0.2) is 60.7 Å². The lowest BCUT2D eigenvalue weighted by molar-refractivity contribution is -0.121. The molecule has 37 heavy (non-hydrogen) atoms. The van der Waals surface area contributed by atoms with Crippen molar-refractivity contribution in [1.29, 1.82) is 0 Å². The summed E-state index contributed by atoms with van der Waals surface area (Å²) in [5.41, 5.74) is 4.37. The van der Waals surface area contributed by atoms with Crippen molar-refractivity contribution < 1.29 is 19.7 Å². The van der Waals surface area contributed by atoms with Gasteiger partial charge in [0.1, 0.15) is 5.75 Å². The van der Waals surface area contributed by atoms with E-state index < -0.39 is 0 Å². The molecule has 3 rings (SSSR count). The number of aryl methyl sites for hydroxylation is 1. The molecular formula is C29H34Cl2N2O4. The highest BCUT2D eigenvalue weighted by atomic mass is 35.5. The number of aromatic hydroxyl groups is 1. The molecule has 2 atom stereocenters. The number of halogens is 2. The van der Waals surface area contributed by atoms with Crippen LogP contribution in [-0.4, -0.2) is 35.8 Å². The Morgan fingerprint density at radius 3 is 2.43 bits per heavy atom. The van der Waals surface area contributed by atoms with E-state index in [4.69, 9.17) is 27.9 Å². The van der Waals surface area contributed by atoms with Gasteiger partial charge >= 0.3 is 0 Å². The molecule has 0 fully saturated rings. The number of phenols is 1. The van der Waals surface area contributed by atoms with Gasteiger partial charge in [-0.15, -0.1) is 0 Å². The normalized spacial score (nSPS) is 12.8. The smallest absolute Gasteiger partial charge is 0.220 e. The summed E-state index contributed by atoms with van der Waals surface area (Å²) in [7, 11) is 1.64. The van der Waals surface area contributed by atoms with Crippen molar-refractivity contribution in [2.75, 3.05) is 13.7 Å². The Bertz CT molecular complexity index is 1170. The summed E-state index contributed by atoms with van der Waals surface area (Å²) >= 11 is 12.4. The molecule has 0 aliphatic heterocycles. The number of aliphatic hydroxyl groups excluding tert-OH is 1. The summed E-state index contributed by atoms with van der Waals surface area (Å²) in [6, 6.07) is 18.9. The fourth-order valence-corrected chi connectivity index (χ4v) is 4.68. The van der Waals surface area contributed by atoms with Crippen molar-refractivity contribution in [2.24, 2.45) is 0 Å². The Balaban J connectivity index is 1.48. The van der Waals surface area contributed by atoms with Crippen LogP contribution >= 0.6 is 23.2 Å². The second-order valence-corrected chi connectivity index (χ2v) is 9.90.